The molecule has 0 spiro atoms. The highest BCUT2D eigenvalue weighted by molar-refractivity contribution is 5.78. The van der Waals surface area contributed by atoms with Crippen molar-refractivity contribution in [1.29, 1.82) is 0 Å². The Morgan fingerprint density at radius 3 is 2.22 bits per heavy atom. The van der Waals surface area contributed by atoms with Crippen LogP contribution in [0.5, 0.6) is 17.2 Å². The van der Waals surface area contributed by atoms with E-state index in [0.717, 1.165) is 22.4 Å². The van der Waals surface area contributed by atoms with Crippen molar-refractivity contribution in [3.8, 4) is 17.2 Å². The first-order valence-electron chi connectivity index (χ1n) is 8.76. The minimum absolute atomic E-state index is 0.0218. The summed E-state index contributed by atoms with van der Waals surface area (Å²) in [7, 11) is 6.79. The smallest absolute Gasteiger partial charge is 0.234 e. The number of methoxy groups -OCH3 is 3. The van der Waals surface area contributed by atoms with Crippen LogP contribution in [0.15, 0.2) is 36.4 Å². The maximum atomic E-state index is 12.2. The summed E-state index contributed by atoms with van der Waals surface area (Å²) in [6.45, 7) is 3.47. The highest BCUT2D eigenvalue weighted by Gasteiger charge is 2.12. The molecule has 0 aromatic heterocycles. The summed E-state index contributed by atoms with van der Waals surface area (Å²) in [5.74, 6) is 2.18. The number of benzene rings is 2. The third kappa shape index (κ3) is 5.89. The van der Waals surface area contributed by atoms with Gasteiger partial charge in [-0.2, -0.15) is 0 Å². The second-order valence-electron chi connectivity index (χ2n) is 6.43. The van der Waals surface area contributed by atoms with E-state index in [9.17, 15) is 4.79 Å². The van der Waals surface area contributed by atoms with Crippen molar-refractivity contribution in [3.63, 3.8) is 0 Å². The molecule has 1 amide bonds. The van der Waals surface area contributed by atoms with Crippen LogP contribution in [-0.4, -0.2) is 45.7 Å². The number of rotatable bonds is 9. The highest BCUT2D eigenvalue weighted by atomic mass is 16.5. The monoisotopic (exact) mass is 372 g/mol. The van der Waals surface area contributed by atoms with Gasteiger partial charge in [-0.15, -0.1) is 0 Å². The molecule has 0 saturated heterocycles. The lowest BCUT2D eigenvalue weighted by Gasteiger charge is -2.19. The van der Waals surface area contributed by atoms with E-state index in [0.29, 0.717) is 31.1 Å². The maximum Gasteiger partial charge on any atom is 0.234 e. The normalized spacial score (nSPS) is 10.6. The molecular weight excluding hydrogens is 344 g/mol. The molecule has 27 heavy (non-hydrogen) atoms. The number of ether oxygens (including phenoxy) is 3. The molecule has 6 heteroatoms. The van der Waals surface area contributed by atoms with Gasteiger partial charge in [-0.05, 0) is 54.9 Å². The van der Waals surface area contributed by atoms with Gasteiger partial charge in [0.25, 0.3) is 0 Å². The Morgan fingerprint density at radius 2 is 1.63 bits per heavy atom. The van der Waals surface area contributed by atoms with Gasteiger partial charge in [0.15, 0.2) is 11.5 Å². The van der Waals surface area contributed by atoms with Crippen LogP contribution in [0, 0.1) is 6.92 Å². The van der Waals surface area contributed by atoms with Crippen LogP contribution >= 0.6 is 0 Å². The van der Waals surface area contributed by atoms with Crippen LogP contribution in [0.1, 0.15) is 16.7 Å². The van der Waals surface area contributed by atoms with Gasteiger partial charge in [0.05, 0.1) is 27.9 Å². The second-order valence-corrected chi connectivity index (χ2v) is 6.43. The summed E-state index contributed by atoms with van der Waals surface area (Å²) in [4.78, 5) is 14.2. The molecule has 146 valence electrons. The molecule has 0 atom stereocenters. The second kappa shape index (κ2) is 9.83. The topological polar surface area (TPSA) is 60.0 Å². The Balaban J connectivity index is 1.89. The Hall–Kier alpha value is -2.73. The lowest BCUT2D eigenvalue weighted by Crippen LogP contribution is -2.34. The molecule has 0 aliphatic carbocycles. The summed E-state index contributed by atoms with van der Waals surface area (Å²) >= 11 is 0. The number of nitrogens with zero attached hydrogens (tertiary/aromatic N) is 1. The van der Waals surface area contributed by atoms with Crippen LogP contribution in [-0.2, 0) is 17.9 Å². The van der Waals surface area contributed by atoms with Gasteiger partial charge in [-0.3, -0.25) is 9.69 Å². The molecule has 0 unspecified atom stereocenters. The van der Waals surface area contributed by atoms with Crippen molar-refractivity contribution in [2.45, 2.75) is 20.0 Å². The SMILES string of the molecule is COc1ccc(CNC(=O)CN(C)Cc2cc(OC)c(OC)cc2C)cc1. The molecule has 2 aromatic rings. The zero-order valence-electron chi connectivity index (χ0n) is 16.7. The number of aryl methyl sites for hydroxylation is 1. The molecule has 0 aliphatic rings. The van der Waals surface area contributed by atoms with Crippen LogP contribution in [0.4, 0.5) is 0 Å². The number of amides is 1. The molecule has 0 saturated carbocycles. The number of hydrogen-bond donors (Lipinski definition) is 1. The Bertz CT molecular complexity index is 760. The number of carbonyl (C=O) groups is 1. The summed E-state index contributed by atoms with van der Waals surface area (Å²) < 4.78 is 15.8. The van der Waals surface area contributed by atoms with E-state index in [1.807, 2.05) is 55.3 Å². The molecule has 2 rings (SSSR count). The minimum Gasteiger partial charge on any atom is -0.497 e. The van der Waals surface area contributed by atoms with Crippen molar-refractivity contribution in [2.75, 3.05) is 34.9 Å². The van der Waals surface area contributed by atoms with E-state index in [1.54, 1.807) is 21.3 Å². The van der Waals surface area contributed by atoms with Crippen molar-refractivity contribution in [1.82, 2.24) is 10.2 Å². The third-order valence-electron chi connectivity index (χ3n) is 4.34. The molecule has 6 nitrogen and oxygen atoms in total. The standard InChI is InChI=1S/C21H28N2O4/c1-15-10-19(26-4)20(27-5)11-17(15)13-23(2)14-21(24)22-12-16-6-8-18(25-3)9-7-16/h6-11H,12-14H2,1-5H3,(H,22,24). The van der Waals surface area contributed by atoms with Crippen molar-refractivity contribution in [2.24, 2.45) is 0 Å². The predicted octanol–water partition coefficient (Wildman–Crippen LogP) is 2.77. The fraction of sp³-hybridized carbons (Fsp3) is 0.381. The number of carbonyl (C=O) groups excluding carboxylic acids is 1. The average Bonchev–Trinajstić information content (AvgIpc) is 2.67. The number of hydrogen-bond acceptors (Lipinski definition) is 5. The number of likely N-dealkylation sites (N-methyl/N-ethyl adjacent to an activating group) is 1. The quantitative estimate of drug-likeness (QED) is 0.733. The molecule has 0 fully saturated rings. The van der Waals surface area contributed by atoms with Gasteiger partial charge in [-0.1, -0.05) is 12.1 Å². The van der Waals surface area contributed by atoms with Crippen molar-refractivity contribution in [3.05, 3.63) is 53.1 Å². The molecule has 0 bridgehead atoms. The zero-order valence-corrected chi connectivity index (χ0v) is 16.7. The minimum atomic E-state index is -0.0218. The maximum absolute atomic E-state index is 12.2. The Kier molecular flexibility index (Phi) is 7.49. The van der Waals surface area contributed by atoms with Gasteiger partial charge in [0, 0.05) is 13.1 Å². The lowest BCUT2D eigenvalue weighted by molar-refractivity contribution is -0.122. The first kappa shape index (κ1) is 20.6. The molecular formula is C21H28N2O4. The van der Waals surface area contributed by atoms with Crippen molar-refractivity contribution >= 4 is 5.91 Å². The molecule has 1 N–H and O–H groups in total. The molecule has 0 heterocycles. The Morgan fingerprint density at radius 1 is 1.00 bits per heavy atom. The zero-order chi connectivity index (χ0) is 19.8. The van der Waals surface area contributed by atoms with Crippen LogP contribution in [0.3, 0.4) is 0 Å². The first-order chi connectivity index (χ1) is 13.0. The van der Waals surface area contributed by atoms with Gasteiger partial charge in [0.1, 0.15) is 5.75 Å². The van der Waals surface area contributed by atoms with E-state index < -0.39 is 0 Å². The van der Waals surface area contributed by atoms with E-state index >= 15 is 0 Å². The lowest BCUT2D eigenvalue weighted by atomic mass is 10.1. The first-order valence-corrected chi connectivity index (χ1v) is 8.76. The van der Waals surface area contributed by atoms with E-state index in [-0.39, 0.29) is 5.91 Å². The number of nitrogens with one attached hydrogen (secondary N) is 1. The van der Waals surface area contributed by atoms with Gasteiger partial charge in [0.2, 0.25) is 5.91 Å². The molecule has 0 aliphatic heterocycles. The third-order valence-corrected chi connectivity index (χ3v) is 4.34. The highest BCUT2D eigenvalue weighted by Crippen LogP contribution is 2.30. The van der Waals surface area contributed by atoms with E-state index in [2.05, 4.69) is 5.32 Å². The predicted molar refractivity (Wildman–Crippen MR) is 105 cm³/mol. The van der Waals surface area contributed by atoms with Crippen LogP contribution < -0.4 is 19.5 Å². The van der Waals surface area contributed by atoms with Crippen LogP contribution in [0.25, 0.3) is 0 Å². The summed E-state index contributed by atoms with van der Waals surface area (Å²) in [5.41, 5.74) is 3.22. The molecule has 2 aromatic carbocycles. The summed E-state index contributed by atoms with van der Waals surface area (Å²) in [5, 5.41) is 2.94. The van der Waals surface area contributed by atoms with Gasteiger partial charge < -0.3 is 19.5 Å². The summed E-state index contributed by atoms with van der Waals surface area (Å²) in [6, 6.07) is 11.6. The van der Waals surface area contributed by atoms with Crippen LogP contribution in [0.2, 0.25) is 0 Å². The average molecular weight is 372 g/mol. The largest absolute Gasteiger partial charge is 0.497 e. The fourth-order valence-electron chi connectivity index (χ4n) is 2.78. The fourth-order valence-corrected chi connectivity index (χ4v) is 2.78. The van der Waals surface area contributed by atoms with E-state index in [1.165, 1.54) is 0 Å². The van der Waals surface area contributed by atoms with Gasteiger partial charge in [-0.25, -0.2) is 0 Å². The molecule has 0 radical (unpaired) electrons. The van der Waals surface area contributed by atoms with E-state index in [4.69, 9.17) is 14.2 Å². The summed E-state index contributed by atoms with van der Waals surface area (Å²) in [6.07, 6.45) is 0. The van der Waals surface area contributed by atoms with Crippen molar-refractivity contribution < 1.29 is 19.0 Å². The van der Waals surface area contributed by atoms with Gasteiger partial charge >= 0.3 is 0 Å². The Labute approximate surface area is 161 Å².